The topological polar surface area (TPSA) is 75.6 Å². The van der Waals surface area contributed by atoms with Gasteiger partial charge in [-0.1, -0.05) is 6.92 Å². The molecular formula is C13H28N4O. The van der Waals surface area contributed by atoms with E-state index in [0.717, 1.165) is 19.6 Å². The van der Waals surface area contributed by atoms with E-state index in [1.807, 2.05) is 0 Å². The number of rotatable bonds is 7. The van der Waals surface area contributed by atoms with Gasteiger partial charge in [0.1, 0.15) is 0 Å². The zero-order valence-corrected chi connectivity index (χ0v) is 12.0. The maximum absolute atomic E-state index is 11.1. The van der Waals surface area contributed by atoms with E-state index in [1.165, 1.54) is 19.4 Å². The smallest absolute Gasteiger partial charge is 0.237 e. The predicted octanol–water partition coefficient (Wildman–Crippen LogP) is -0.00470. The molecule has 1 saturated heterocycles. The van der Waals surface area contributed by atoms with E-state index in [2.05, 4.69) is 23.8 Å². The van der Waals surface area contributed by atoms with Crippen molar-refractivity contribution in [1.29, 1.82) is 0 Å². The van der Waals surface area contributed by atoms with E-state index in [9.17, 15) is 4.79 Å². The molecule has 0 radical (unpaired) electrons. The average molecular weight is 256 g/mol. The molecule has 1 rings (SSSR count). The van der Waals surface area contributed by atoms with Crippen LogP contribution in [-0.4, -0.2) is 60.5 Å². The molecule has 2 atom stereocenters. The number of carbonyl (C=O) groups excluding carboxylic acids is 1. The fraction of sp³-hybridized carbons (Fsp3) is 0.923. The molecular weight excluding hydrogens is 228 g/mol. The number of nitrogens with zero attached hydrogens (tertiary/aromatic N) is 2. The zero-order chi connectivity index (χ0) is 13.8. The maximum atomic E-state index is 11.1. The van der Waals surface area contributed by atoms with Gasteiger partial charge in [0.2, 0.25) is 5.91 Å². The minimum atomic E-state index is -0.894. The largest absolute Gasteiger partial charge is 0.368 e. The fourth-order valence-electron chi connectivity index (χ4n) is 2.52. The van der Waals surface area contributed by atoms with E-state index in [4.69, 9.17) is 11.5 Å². The second kappa shape index (κ2) is 6.50. The highest BCUT2D eigenvalue weighted by molar-refractivity contribution is 5.83. The number of likely N-dealkylation sites (tertiary alicyclic amines) is 1. The summed E-state index contributed by atoms with van der Waals surface area (Å²) >= 11 is 0. The van der Waals surface area contributed by atoms with Gasteiger partial charge in [-0.15, -0.1) is 0 Å². The van der Waals surface area contributed by atoms with Gasteiger partial charge in [-0.25, -0.2) is 0 Å². The molecule has 1 fully saturated rings. The van der Waals surface area contributed by atoms with E-state index >= 15 is 0 Å². The Morgan fingerprint density at radius 2 is 2.22 bits per heavy atom. The molecule has 0 aromatic carbocycles. The third-order valence-corrected chi connectivity index (χ3v) is 4.00. The van der Waals surface area contributed by atoms with Crippen LogP contribution in [0.1, 0.15) is 33.1 Å². The second-order valence-electron chi connectivity index (χ2n) is 5.72. The Morgan fingerprint density at radius 1 is 1.56 bits per heavy atom. The summed E-state index contributed by atoms with van der Waals surface area (Å²) in [6, 6.07) is 0.651. The molecule has 2 unspecified atom stereocenters. The lowest BCUT2D eigenvalue weighted by molar-refractivity contribution is -0.122. The quantitative estimate of drug-likeness (QED) is 0.672. The van der Waals surface area contributed by atoms with Crippen molar-refractivity contribution < 1.29 is 4.79 Å². The summed E-state index contributed by atoms with van der Waals surface area (Å²) in [5.41, 5.74) is 10.2. The summed E-state index contributed by atoms with van der Waals surface area (Å²) < 4.78 is 0. The van der Waals surface area contributed by atoms with Crippen molar-refractivity contribution >= 4 is 5.91 Å². The van der Waals surface area contributed by atoms with Gasteiger partial charge in [0.15, 0.2) is 0 Å². The average Bonchev–Trinajstić information content (AvgIpc) is 2.73. The third-order valence-electron chi connectivity index (χ3n) is 4.00. The molecule has 0 aliphatic carbocycles. The Labute approximate surface area is 110 Å². The van der Waals surface area contributed by atoms with Crippen molar-refractivity contribution in [2.24, 2.45) is 11.5 Å². The molecule has 5 nitrogen and oxygen atoms in total. The van der Waals surface area contributed by atoms with Crippen LogP contribution in [-0.2, 0) is 4.79 Å². The van der Waals surface area contributed by atoms with Gasteiger partial charge >= 0.3 is 0 Å². The maximum Gasteiger partial charge on any atom is 0.237 e. The highest BCUT2D eigenvalue weighted by Crippen LogP contribution is 2.17. The van der Waals surface area contributed by atoms with Crippen LogP contribution in [0.15, 0.2) is 0 Å². The van der Waals surface area contributed by atoms with Gasteiger partial charge in [0.25, 0.3) is 0 Å². The number of carbonyl (C=O) groups is 1. The van der Waals surface area contributed by atoms with Gasteiger partial charge in [-0.3, -0.25) is 9.69 Å². The minimum Gasteiger partial charge on any atom is -0.368 e. The van der Waals surface area contributed by atoms with E-state index in [-0.39, 0.29) is 0 Å². The first-order valence-corrected chi connectivity index (χ1v) is 6.88. The van der Waals surface area contributed by atoms with Gasteiger partial charge < -0.3 is 16.4 Å². The molecule has 0 saturated carbocycles. The first kappa shape index (κ1) is 15.4. The summed E-state index contributed by atoms with van der Waals surface area (Å²) in [6.45, 7) is 8.10. The van der Waals surface area contributed by atoms with Crippen molar-refractivity contribution in [1.82, 2.24) is 9.80 Å². The van der Waals surface area contributed by atoms with Crippen LogP contribution in [0.25, 0.3) is 0 Å². The monoisotopic (exact) mass is 256 g/mol. The summed E-state index contributed by atoms with van der Waals surface area (Å²) in [5, 5.41) is 0. The van der Waals surface area contributed by atoms with Crippen molar-refractivity contribution in [3.05, 3.63) is 0 Å². The lowest BCUT2D eigenvalue weighted by atomic mass is 9.98. The second-order valence-corrected chi connectivity index (χ2v) is 5.72. The Bertz CT molecular complexity index is 280. The Kier molecular flexibility index (Phi) is 5.56. The number of amides is 1. The van der Waals surface area contributed by atoms with Crippen molar-refractivity contribution in [3.8, 4) is 0 Å². The van der Waals surface area contributed by atoms with Crippen molar-refractivity contribution in [2.45, 2.75) is 44.7 Å². The van der Waals surface area contributed by atoms with Crippen LogP contribution in [0.4, 0.5) is 0 Å². The minimum absolute atomic E-state index is 0.424. The van der Waals surface area contributed by atoms with Crippen LogP contribution in [0, 0.1) is 0 Å². The van der Waals surface area contributed by atoms with E-state index in [1.54, 1.807) is 6.92 Å². The molecule has 4 N–H and O–H groups in total. The lowest BCUT2D eigenvalue weighted by Crippen LogP contribution is -2.51. The van der Waals surface area contributed by atoms with E-state index < -0.39 is 11.4 Å². The van der Waals surface area contributed by atoms with Gasteiger partial charge in [0.05, 0.1) is 5.54 Å². The fourth-order valence-corrected chi connectivity index (χ4v) is 2.52. The number of nitrogens with two attached hydrogens (primary N) is 2. The summed E-state index contributed by atoms with van der Waals surface area (Å²) in [7, 11) is 2.09. The molecule has 1 heterocycles. The molecule has 1 amide bonds. The molecule has 0 bridgehead atoms. The molecule has 106 valence electrons. The molecule has 0 spiro atoms. The van der Waals surface area contributed by atoms with Crippen LogP contribution in [0.2, 0.25) is 0 Å². The van der Waals surface area contributed by atoms with Crippen LogP contribution < -0.4 is 11.5 Å². The number of primary amides is 1. The Hall–Kier alpha value is -0.650. The van der Waals surface area contributed by atoms with Crippen molar-refractivity contribution in [3.63, 3.8) is 0 Å². The Balaban J connectivity index is 2.33. The number of hydrogen-bond acceptors (Lipinski definition) is 4. The number of hydrogen-bond donors (Lipinski definition) is 2. The molecule has 18 heavy (non-hydrogen) atoms. The van der Waals surface area contributed by atoms with Crippen LogP contribution >= 0.6 is 0 Å². The standard InChI is InChI=1S/C13H28N4O/c1-4-17-8-5-6-11(17)10-16(3)9-7-13(2,15)12(14)18/h11H,4-10,15H2,1-3H3,(H2,14,18). The third kappa shape index (κ3) is 4.23. The SMILES string of the molecule is CCN1CCCC1CN(C)CCC(C)(N)C(N)=O. The number of likely N-dealkylation sites (N-methyl/N-ethyl adjacent to an activating group) is 2. The lowest BCUT2D eigenvalue weighted by Gasteiger charge is -2.29. The zero-order valence-electron chi connectivity index (χ0n) is 12.0. The summed E-state index contributed by atoms with van der Waals surface area (Å²) in [6.07, 6.45) is 3.17. The van der Waals surface area contributed by atoms with Gasteiger partial charge in [-0.2, -0.15) is 0 Å². The molecule has 0 aromatic rings. The molecule has 0 aromatic heterocycles. The molecule has 1 aliphatic heterocycles. The highest BCUT2D eigenvalue weighted by atomic mass is 16.1. The first-order valence-electron chi connectivity index (χ1n) is 6.88. The summed E-state index contributed by atoms with van der Waals surface area (Å²) in [4.78, 5) is 15.9. The Morgan fingerprint density at radius 3 is 2.78 bits per heavy atom. The predicted molar refractivity (Wildman–Crippen MR) is 74.2 cm³/mol. The van der Waals surface area contributed by atoms with E-state index in [0.29, 0.717) is 12.5 Å². The highest BCUT2D eigenvalue weighted by Gasteiger charge is 2.27. The normalized spacial score (nSPS) is 24.4. The van der Waals surface area contributed by atoms with Crippen molar-refractivity contribution in [2.75, 3.05) is 33.2 Å². The van der Waals surface area contributed by atoms with Crippen LogP contribution in [0.3, 0.4) is 0 Å². The van der Waals surface area contributed by atoms with Gasteiger partial charge in [-0.05, 0) is 46.3 Å². The van der Waals surface area contributed by atoms with Gasteiger partial charge in [0, 0.05) is 19.1 Å². The van der Waals surface area contributed by atoms with Crippen LogP contribution in [0.5, 0.6) is 0 Å². The summed E-state index contributed by atoms with van der Waals surface area (Å²) in [5.74, 6) is -0.424. The first-order chi connectivity index (χ1) is 8.36. The molecule has 1 aliphatic rings. The molecule has 5 heteroatoms.